The van der Waals surface area contributed by atoms with Gasteiger partial charge in [-0.05, 0) is 25.7 Å². The molecule has 4 heteroatoms. The molecule has 4 nitrogen and oxygen atoms in total. The van der Waals surface area contributed by atoms with Gasteiger partial charge < -0.3 is 15.8 Å². The lowest BCUT2D eigenvalue weighted by Crippen LogP contribution is -2.41. The van der Waals surface area contributed by atoms with Crippen LogP contribution in [-0.2, 0) is 9.53 Å². The van der Waals surface area contributed by atoms with Gasteiger partial charge in [-0.2, -0.15) is 0 Å². The van der Waals surface area contributed by atoms with Crippen LogP contribution in [0.2, 0.25) is 0 Å². The molecule has 0 radical (unpaired) electrons. The number of carbonyl (C=O) groups excluding carboxylic acids is 1. The number of unbranched alkanes of at least 4 members (excludes halogenated alkanes) is 1. The van der Waals surface area contributed by atoms with Crippen molar-refractivity contribution < 1.29 is 9.53 Å². The van der Waals surface area contributed by atoms with E-state index in [2.05, 4.69) is 5.32 Å². The minimum Gasteiger partial charge on any atom is -0.385 e. The summed E-state index contributed by atoms with van der Waals surface area (Å²) in [7, 11) is 1.70. The van der Waals surface area contributed by atoms with E-state index >= 15 is 0 Å². The molecule has 0 aliphatic heterocycles. The average molecular weight is 242 g/mol. The van der Waals surface area contributed by atoms with E-state index in [9.17, 15) is 4.79 Å². The van der Waals surface area contributed by atoms with E-state index in [1.54, 1.807) is 7.11 Å². The van der Waals surface area contributed by atoms with Gasteiger partial charge in [0.1, 0.15) is 0 Å². The molecular weight excluding hydrogens is 216 g/mol. The second-order valence-corrected chi connectivity index (χ2v) is 4.90. The van der Waals surface area contributed by atoms with Crippen LogP contribution in [0.15, 0.2) is 0 Å². The van der Waals surface area contributed by atoms with Crippen molar-refractivity contribution in [3.8, 4) is 0 Å². The Morgan fingerprint density at radius 2 is 2.06 bits per heavy atom. The third-order valence-corrected chi connectivity index (χ3v) is 3.48. The maximum absolute atomic E-state index is 12.0. The Bertz CT molecular complexity index is 221. The first-order valence-corrected chi connectivity index (χ1v) is 6.78. The minimum atomic E-state index is 0.0277. The third kappa shape index (κ3) is 5.50. The van der Waals surface area contributed by atoms with Gasteiger partial charge in [-0.3, -0.25) is 4.79 Å². The number of amides is 1. The summed E-state index contributed by atoms with van der Waals surface area (Å²) in [6.45, 7) is 1.50. The van der Waals surface area contributed by atoms with Gasteiger partial charge in [-0.25, -0.2) is 0 Å². The molecule has 1 aliphatic rings. The molecule has 0 aromatic carbocycles. The fraction of sp³-hybridized carbons (Fsp3) is 0.923. The molecule has 0 aromatic heterocycles. The highest BCUT2D eigenvalue weighted by atomic mass is 16.5. The highest BCUT2D eigenvalue weighted by Gasteiger charge is 2.26. The fourth-order valence-corrected chi connectivity index (χ4v) is 2.38. The van der Waals surface area contributed by atoms with E-state index in [1.807, 2.05) is 0 Å². The van der Waals surface area contributed by atoms with Crippen molar-refractivity contribution in [3.63, 3.8) is 0 Å². The zero-order valence-electron chi connectivity index (χ0n) is 10.9. The van der Waals surface area contributed by atoms with Crippen molar-refractivity contribution in [3.05, 3.63) is 0 Å². The Hall–Kier alpha value is -0.610. The third-order valence-electron chi connectivity index (χ3n) is 3.48. The maximum atomic E-state index is 12.0. The molecule has 17 heavy (non-hydrogen) atoms. The normalized spacial score (nSPS) is 25.3. The fourth-order valence-electron chi connectivity index (χ4n) is 2.38. The first-order valence-electron chi connectivity index (χ1n) is 6.78. The number of carbonyl (C=O) groups is 1. The first kappa shape index (κ1) is 14.5. The second-order valence-electron chi connectivity index (χ2n) is 4.90. The van der Waals surface area contributed by atoms with Crippen LogP contribution in [-0.4, -0.2) is 32.2 Å². The van der Waals surface area contributed by atoms with Crippen molar-refractivity contribution in [2.45, 2.75) is 51.0 Å². The van der Waals surface area contributed by atoms with Crippen LogP contribution in [0.4, 0.5) is 0 Å². The van der Waals surface area contributed by atoms with Crippen molar-refractivity contribution in [1.29, 1.82) is 0 Å². The lowest BCUT2D eigenvalue weighted by atomic mass is 9.94. The van der Waals surface area contributed by atoms with E-state index in [-0.39, 0.29) is 17.9 Å². The summed E-state index contributed by atoms with van der Waals surface area (Å²) in [5, 5.41) is 2.99. The number of hydrogen-bond acceptors (Lipinski definition) is 3. The molecule has 0 bridgehead atoms. The number of methoxy groups -OCH3 is 1. The van der Waals surface area contributed by atoms with E-state index in [1.165, 1.54) is 12.8 Å². The Labute approximate surface area is 104 Å². The number of hydrogen-bond donors (Lipinski definition) is 2. The number of ether oxygens (including phenoxy) is 1. The molecule has 2 unspecified atom stereocenters. The van der Waals surface area contributed by atoms with Crippen molar-refractivity contribution in [1.82, 2.24) is 5.32 Å². The van der Waals surface area contributed by atoms with Gasteiger partial charge in [0.05, 0.1) is 5.92 Å². The van der Waals surface area contributed by atoms with Crippen molar-refractivity contribution >= 4 is 5.91 Å². The van der Waals surface area contributed by atoms with E-state index in [0.29, 0.717) is 0 Å². The Balaban J connectivity index is 2.20. The zero-order chi connectivity index (χ0) is 12.5. The Kier molecular flexibility index (Phi) is 7.21. The molecule has 2 atom stereocenters. The average Bonchev–Trinajstić information content (AvgIpc) is 2.53. The summed E-state index contributed by atoms with van der Waals surface area (Å²) in [6.07, 6.45) is 7.42. The summed E-state index contributed by atoms with van der Waals surface area (Å²) in [5.41, 5.74) is 6.05. The zero-order valence-corrected chi connectivity index (χ0v) is 10.9. The Morgan fingerprint density at radius 3 is 2.82 bits per heavy atom. The maximum Gasteiger partial charge on any atom is 0.224 e. The molecule has 0 spiro atoms. The SMILES string of the molecule is COCCCCNC(=O)C1CCCCCC1N. The van der Waals surface area contributed by atoms with Crippen LogP contribution in [0.1, 0.15) is 44.9 Å². The van der Waals surface area contributed by atoms with Gasteiger partial charge in [0.15, 0.2) is 0 Å². The smallest absolute Gasteiger partial charge is 0.224 e. The molecule has 100 valence electrons. The Morgan fingerprint density at radius 1 is 1.29 bits per heavy atom. The molecule has 1 saturated carbocycles. The number of nitrogens with one attached hydrogen (secondary N) is 1. The monoisotopic (exact) mass is 242 g/mol. The van der Waals surface area contributed by atoms with Gasteiger partial charge in [0.2, 0.25) is 5.91 Å². The van der Waals surface area contributed by atoms with Crippen molar-refractivity contribution in [2.75, 3.05) is 20.3 Å². The van der Waals surface area contributed by atoms with E-state index < -0.39 is 0 Å². The van der Waals surface area contributed by atoms with Crippen molar-refractivity contribution in [2.24, 2.45) is 11.7 Å². The van der Waals surface area contributed by atoms with Crippen LogP contribution in [0.5, 0.6) is 0 Å². The lowest BCUT2D eigenvalue weighted by molar-refractivity contribution is -0.125. The van der Waals surface area contributed by atoms with Gasteiger partial charge in [0.25, 0.3) is 0 Å². The van der Waals surface area contributed by atoms with Crippen LogP contribution < -0.4 is 11.1 Å². The predicted octanol–water partition coefficient (Wildman–Crippen LogP) is 1.44. The summed E-state index contributed by atoms with van der Waals surface area (Å²) >= 11 is 0. The summed E-state index contributed by atoms with van der Waals surface area (Å²) in [6, 6.07) is 0.0523. The van der Waals surface area contributed by atoms with Gasteiger partial charge in [0, 0.05) is 26.3 Å². The molecule has 3 N–H and O–H groups in total. The molecule has 0 saturated heterocycles. The summed E-state index contributed by atoms with van der Waals surface area (Å²) in [5.74, 6) is 0.178. The van der Waals surface area contributed by atoms with Gasteiger partial charge >= 0.3 is 0 Å². The molecule has 0 heterocycles. The summed E-state index contributed by atoms with van der Waals surface area (Å²) in [4.78, 5) is 12.0. The van der Waals surface area contributed by atoms with E-state index in [0.717, 1.165) is 45.3 Å². The van der Waals surface area contributed by atoms with Gasteiger partial charge in [-0.15, -0.1) is 0 Å². The van der Waals surface area contributed by atoms with Gasteiger partial charge in [-0.1, -0.05) is 19.3 Å². The number of nitrogens with two attached hydrogens (primary N) is 1. The highest BCUT2D eigenvalue weighted by Crippen LogP contribution is 2.22. The molecule has 0 aromatic rings. The standard InChI is InChI=1S/C13H26N2O2/c1-17-10-6-5-9-15-13(16)11-7-3-2-4-8-12(11)14/h11-12H,2-10,14H2,1H3,(H,15,16). The predicted molar refractivity (Wildman–Crippen MR) is 68.7 cm³/mol. The highest BCUT2D eigenvalue weighted by molar-refractivity contribution is 5.79. The van der Waals surface area contributed by atoms with Crippen LogP contribution in [0.3, 0.4) is 0 Å². The molecule has 1 amide bonds. The first-order chi connectivity index (χ1) is 8.25. The molecular formula is C13H26N2O2. The molecule has 1 fully saturated rings. The minimum absolute atomic E-state index is 0.0277. The van der Waals surface area contributed by atoms with Crippen LogP contribution >= 0.6 is 0 Å². The van der Waals surface area contributed by atoms with Crippen LogP contribution in [0, 0.1) is 5.92 Å². The quantitative estimate of drug-likeness (QED) is 0.547. The molecule has 1 aliphatic carbocycles. The van der Waals surface area contributed by atoms with Crippen LogP contribution in [0.25, 0.3) is 0 Å². The summed E-state index contributed by atoms with van der Waals surface area (Å²) < 4.78 is 4.97. The lowest BCUT2D eigenvalue weighted by Gasteiger charge is -2.20. The largest absolute Gasteiger partial charge is 0.385 e. The topological polar surface area (TPSA) is 64.3 Å². The molecule has 1 rings (SSSR count). The van der Waals surface area contributed by atoms with E-state index in [4.69, 9.17) is 10.5 Å². The second kappa shape index (κ2) is 8.48. The number of rotatable bonds is 6.